The van der Waals surface area contributed by atoms with Gasteiger partial charge in [-0.05, 0) is 28.1 Å². The zero-order chi connectivity index (χ0) is 8.72. The van der Waals surface area contributed by atoms with E-state index in [0.29, 0.717) is 10.1 Å². The molecule has 0 aliphatic rings. The van der Waals surface area contributed by atoms with Crippen LogP contribution in [-0.2, 0) is 0 Å². The smallest absolute Gasteiger partial charge is 0.164 e. The standard InChI is InChI=1S/C8H4BrFO2/c9-4-1-2-6-7(8(4)10)5(11)3-12-6/h1-3,11H. The van der Waals surface area contributed by atoms with Gasteiger partial charge in [0.05, 0.1) is 9.86 Å². The van der Waals surface area contributed by atoms with E-state index >= 15 is 0 Å². The molecule has 0 bridgehead atoms. The molecule has 0 saturated carbocycles. The Morgan fingerprint density at radius 2 is 2.17 bits per heavy atom. The van der Waals surface area contributed by atoms with Crippen LogP contribution in [0.3, 0.4) is 0 Å². The summed E-state index contributed by atoms with van der Waals surface area (Å²) in [5.74, 6) is -0.678. The van der Waals surface area contributed by atoms with E-state index in [1.807, 2.05) is 0 Å². The van der Waals surface area contributed by atoms with Gasteiger partial charge in [-0.25, -0.2) is 4.39 Å². The van der Waals surface area contributed by atoms with Crippen molar-refractivity contribution < 1.29 is 13.9 Å². The lowest BCUT2D eigenvalue weighted by atomic mass is 10.2. The average Bonchev–Trinajstić information content (AvgIpc) is 2.41. The summed E-state index contributed by atoms with van der Waals surface area (Å²) in [5, 5.41) is 9.28. The molecule has 2 rings (SSSR count). The first kappa shape index (κ1) is 7.61. The number of halogens is 2. The number of rotatable bonds is 0. The summed E-state index contributed by atoms with van der Waals surface area (Å²) in [6.07, 6.45) is 1.11. The quantitative estimate of drug-likeness (QED) is 0.755. The Morgan fingerprint density at radius 1 is 1.42 bits per heavy atom. The largest absolute Gasteiger partial charge is 0.504 e. The molecule has 1 N–H and O–H groups in total. The highest BCUT2D eigenvalue weighted by atomic mass is 79.9. The summed E-state index contributed by atoms with van der Waals surface area (Å²) in [6.45, 7) is 0. The molecule has 0 unspecified atom stereocenters. The van der Waals surface area contributed by atoms with Crippen LogP contribution in [0.1, 0.15) is 0 Å². The number of aromatic hydroxyl groups is 1. The topological polar surface area (TPSA) is 33.4 Å². The maximum atomic E-state index is 13.2. The van der Waals surface area contributed by atoms with E-state index in [2.05, 4.69) is 15.9 Å². The number of benzene rings is 1. The van der Waals surface area contributed by atoms with Crippen LogP contribution in [0.15, 0.2) is 27.3 Å². The van der Waals surface area contributed by atoms with Crippen LogP contribution in [0, 0.1) is 5.82 Å². The van der Waals surface area contributed by atoms with Crippen LogP contribution in [0.4, 0.5) is 4.39 Å². The van der Waals surface area contributed by atoms with Crippen molar-refractivity contribution in [1.82, 2.24) is 0 Å². The molecule has 0 atom stereocenters. The van der Waals surface area contributed by atoms with Crippen molar-refractivity contribution in [2.75, 3.05) is 0 Å². The molecular formula is C8H4BrFO2. The Kier molecular flexibility index (Phi) is 1.58. The fourth-order valence-electron chi connectivity index (χ4n) is 1.05. The summed E-state index contributed by atoms with van der Waals surface area (Å²) >= 11 is 3.01. The number of hydrogen-bond acceptors (Lipinski definition) is 2. The van der Waals surface area contributed by atoms with Gasteiger partial charge < -0.3 is 9.52 Å². The molecule has 4 heteroatoms. The van der Waals surface area contributed by atoms with Crippen molar-refractivity contribution in [3.05, 3.63) is 28.7 Å². The SMILES string of the molecule is Oc1coc2ccc(Br)c(F)c12. The number of fused-ring (bicyclic) bond motifs is 1. The van der Waals surface area contributed by atoms with E-state index in [1.165, 1.54) is 6.07 Å². The summed E-state index contributed by atoms with van der Waals surface area (Å²) in [5.41, 5.74) is 0.341. The molecule has 1 aromatic carbocycles. The van der Waals surface area contributed by atoms with Gasteiger partial charge in [0.2, 0.25) is 0 Å². The number of furan rings is 1. The third kappa shape index (κ3) is 0.914. The fourth-order valence-corrected chi connectivity index (χ4v) is 1.38. The van der Waals surface area contributed by atoms with Crippen molar-refractivity contribution in [3.63, 3.8) is 0 Å². The molecule has 0 fully saturated rings. The minimum atomic E-state index is -0.501. The Bertz CT molecular complexity index is 436. The zero-order valence-corrected chi connectivity index (χ0v) is 7.43. The van der Waals surface area contributed by atoms with Crippen molar-refractivity contribution in [1.29, 1.82) is 0 Å². The van der Waals surface area contributed by atoms with E-state index < -0.39 is 5.82 Å². The molecule has 12 heavy (non-hydrogen) atoms. The molecule has 2 aromatic rings. The molecule has 1 heterocycles. The predicted molar refractivity (Wildman–Crippen MR) is 45.5 cm³/mol. The molecule has 62 valence electrons. The predicted octanol–water partition coefficient (Wildman–Crippen LogP) is 3.04. The molecular weight excluding hydrogens is 227 g/mol. The highest BCUT2D eigenvalue weighted by Gasteiger charge is 2.11. The van der Waals surface area contributed by atoms with Crippen molar-refractivity contribution >= 4 is 26.9 Å². The van der Waals surface area contributed by atoms with Gasteiger partial charge >= 0.3 is 0 Å². The second-order valence-corrected chi connectivity index (χ2v) is 3.21. The first-order valence-corrected chi connectivity index (χ1v) is 4.03. The highest BCUT2D eigenvalue weighted by molar-refractivity contribution is 9.10. The van der Waals surface area contributed by atoms with E-state index in [9.17, 15) is 4.39 Å². The summed E-state index contributed by atoms with van der Waals surface area (Å²) in [6, 6.07) is 3.11. The van der Waals surface area contributed by atoms with Crippen molar-refractivity contribution in [2.45, 2.75) is 0 Å². The average molecular weight is 231 g/mol. The molecule has 1 aromatic heterocycles. The van der Waals surface area contributed by atoms with Gasteiger partial charge in [0.15, 0.2) is 11.6 Å². The second-order valence-electron chi connectivity index (χ2n) is 2.36. The first-order chi connectivity index (χ1) is 5.70. The Morgan fingerprint density at radius 3 is 2.92 bits per heavy atom. The fraction of sp³-hybridized carbons (Fsp3) is 0. The van der Waals surface area contributed by atoms with Gasteiger partial charge in [0.25, 0.3) is 0 Å². The lowest BCUT2D eigenvalue weighted by Crippen LogP contribution is -1.77. The minimum Gasteiger partial charge on any atom is -0.504 e. The van der Waals surface area contributed by atoms with Crippen LogP contribution in [0.2, 0.25) is 0 Å². The molecule has 2 nitrogen and oxygen atoms in total. The Hall–Kier alpha value is -1.03. The van der Waals surface area contributed by atoms with Crippen LogP contribution >= 0.6 is 15.9 Å². The number of hydrogen-bond donors (Lipinski definition) is 1. The van der Waals surface area contributed by atoms with Gasteiger partial charge in [0.1, 0.15) is 11.8 Å². The van der Waals surface area contributed by atoms with Gasteiger partial charge in [-0.2, -0.15) is 0 Å². The minimum absolute atomic E-state index is 0.115. The monoisotopic (exact) mass is 230 g/mol. The van der Waals surface area contributed by atoms with E-state index in [0.717, 1.165) is 6.26 Å². The molecule has 0 amide bonds. The van der Waals surface area contributed by atoms with Gasteiger partial charge in [-0.1, -0.05) is 0 Å². The maximum absolute atomic E-state index is 13.2. The maximum Gasteiger partial charge on any atom is 0.164 e. The van der Waals surface area contributed by atoms with E-state index in [1.54, 1.807) is 6.07 Å². The van der Waals surface area contributed by atoms with Crippen LogP contribution < -0.4 is 0 Å². The van der Waals surface area contributed by atoms with Crippen molar-refractivity contribution in [2.24, 2.45) is 0 Å². The Labute approximate surface area is 75.7 Å². The van der Waals surface area contributed by atoms with Gasteiger partial charge in [0, 0.05) is 0 Å². The molecule has 0 aliphatic heterocycles. The summed E-state index contributed by atoms with van der Waals surface area (Å²) < 4.78 is 18.4. The third-order valence-electron chi connectivity index (χ3n) is 1.61. The van der Waals surface area contributed by atoms with E-state index in [-0.39, 0.29) is 11.1 Å². The molecule has 0 saturated heterocycles. The normalized spacial score (nSPS) is 10.8. The Balaban J connectivity index is 2.96. The van der Waals surface area contributed by atoms with Gasteiger partial charge in [-0.15, -0.1) is 0 Å². The van der Waals surface area contributed by atoms with Gasteiger partial charge in [-0.3, -0.25) is 0 Å². The van der Waals surface area contributed by atoms with E-state index in [4.69, 9.17) is 9.52 Å². The molecule has 0 aliphatic carbocycles. The summed E-state index contributed by atoms with van der Waals surface area (Å²) in [4.78, 5) is 0. The second kappa shape index (κ2) is 2.48. The lowest BCUT2D eigenvalue weighted by Gasteiger charge is -1.94. The zero-order valence-electron chi connectivity index (χ0n) is 5.84. The van der Waals surface area contributed by atoms with Crippen LogP contribution in [0.5, 0.6) is 5.75 Å². The van der Waals surface area contributed by atoms with Crippen LogP contribution in [-0.4, -0.2) is 5.11 Å². The third-order valence-corrected chi connectivity index (χ3v) is 2.22. The molecule has 0 spiro atoms. The first-order valence-electron chi connectivity index (χ1n) is 3.24. The summed E-state index contributed by atoms with van der Waals surface area (Å²) in [7, 11) is 0. The van der Waals surface area contributed by atoms with Crippen LogP contribution in [0.25, 0.3) is 11.0 Å². The lowest BCUT2D eigenvalue weighted by molar-refractivity contribution is 0.463. The molecule has 0 radical (unpaired) electrons. The highest BCUT2D eigenvalue weighted by Crippen LogP contribution is 2.32. The van der Waals surface area contributed by atoms with Crippen molar-refractivity contribution in [3.8, 4) is 5.75 Å².